The van der Waals surface area contributed by atoms with Crippen LogP contribution in [0.3, 0.4) is 0 Å². The molecule has 0 amide bonds. The molecule has 0 spiro atoms. The Labute approximate surface area is 110 Å². The van der Waals surface area contributed by atoms with Gasteiger partial charge in [0.05, 0.1) is 5.56 Å². The lowest BCUT2D eigenvalue weighted by Crippen LogP contribution is -2.11. The van der Waals surface area contributed by atoms with Crippen molar-refractivity contribution in [3.05, 3.63) is 40.2 Å². The average molecular weight is 286 g/mol. The molecule has 2 aromatic rings. The van der Waals surface area contributed by atoms with Crippen molar-refractivity contribution in [1.82, 2.24) is 0 Å². The van der Waals surface area contributed by atoms with Crippen molar-refractivity contribution in [3.63, 3.8) is 0 Å². The molecule has 0 atom stereocenters. The maximum absolute atomic E-state index is 12.8. The highest BCUT2D eigenvalue weighted by molar-refractivity contribution is 5.83. The van der Waals surface area contributed by atoms with Gasteiger partial charge in [-0.2, -0.15) is 13.2 Å². The molecule has 0 N–H and O–H groups in total. The average Bonchev–Trinajstić information content (AvgIpc) is 2.36. The van der Waals surface area contributed by atoms with E-state index in [-0.39, 0.29) is 23.1 Å². The SMILES string of the molecule is CCC(=O)Oc1ccc2c(C(F)(F)F)cc(=O)oc2c1. The summed E-state index contributed by atoms with van der Waals surface area (Å²) in [7, 11) is 0. The third kappa shape index (κ3) is 2.81. The van der Waals surface area contributed by atoms with Gasteiger partial charge < -0.3 is 9.15 Å². The van der Waals surface area contributed by atoms with Gasteiger partial charge in [0.2, 0.25) is 0 Å². The Kier molecular flexibility index (Phi) is 3.52. The molecule has 1 heterocycles. The van der Waals surface area contributed by atoms with E-state index in [1.54, 1.807) is 6.92 Å². The lowest BCUT2D eigenvalue weighted by molar-refractivity contribution is -0.136. The highest BCUT2D eigenvalue weighted by atomic mass is 19.4. The minimum atomic E-state index is -4.67. The number of hydrogen-bond acceptors (Lipinski definition) is 4. The predicted octanol–water partition coefficient (Wildman–Crippen LogP) is 3.13. The molecule has 7 heteroatoms. The molecular formula is C13H9F3O4. The first-order valence-corrected chi connectivity index (χ1v) is 5.67. The third-order valence-corrected chi connectivity index (χ3v) is 2.54. The van der Waals surface area contributed by atoms with Crippen molar-refractivity contribution in [2.45, 2.75) is 19.5 Å². The van der Waals surface area contributed by atoms with Gasteiger partial charge in [0.1, 0.15) is 11.3 Å². The highest BCUT2D eigenvalue weighted by Gasteiger charge is 2.33. The maximum atomic E-state index is 12.8. The van der Waals surface area contributed by atoms with Crippen molar-refractivity contribution in [1.29, 1.82) is 0 Å². The van der Waals surface area contributed by atoms with Gasteiger partial charge in [0.25, 0.3) is 0 Å². The van der Waals surface area contributed by atoms with E-state index in [4.69, 9.17) is 9.15 Å². The highest BCUT2D eigenvalue weighted by Crippen LogP contribution is 2.34. The fourth-order valence-corrected chi connectivity index (χ4v) is 1.64. The van der Waals surface area contributed by atoms with Crippen LogP contribution in [-0.2, 0) is 11.0 Å². The zero-order valence-electron chi connectivity index (χ0n) is 10.3. The molecule has 0 aliphatic carbocycles. The number of hydrogen-bond donors (Lipinski definition) is 0. The molecule has 0 unspecified atom stereocenters. The van der Waals surface area contributed by atoms with Gasteiger partial charge in [-0.1, -0.05) is 6.92 Å². The third-order valence-electron chi connectivity index (χ3n) is 2.54. The maximum Gasteiger partial charge on any atom is 0.417 e. The number of esters is 1. The van der Waals surface area contributed by atoms with Gasteiger partial charge in [-0.15, -0.1) is 0 Å². The van der Waals surface area contributed by atoms with Crippen LogP contribution < -0.4 is 10.4 Å². The van der Waals surface area contributed by atoms with E-state index in [1.807, 2.05) is 0 Å². The lowest BCUT2D eigenvalue weighted by atomic mass is 10.1. The van der Waals surface area contributed by atoms with Gasteiger partial charge in [0, 0.05) is 23.9 Å². The van der Waals surface area contributed by atoms with E-state index in [9.17, 15) is 22.8 Å². The summed E-state index contributed by atoms with van der Waals surface area (Å²) >= 11 is 0. The Morgan fingerprint density at radius 3 is 2.60 bits per heavy atom. The molecule has 0 saturated carbocycles. The Balaban J connectivity index is 2.59. The number of ether oxygens (including phenoxy) is 1. The first-order valence-electron chi connectivity index (χ1n) is 5.67. The van der Waals surface area contributed by atoms with E-state index in [0.29, 0.717) is 6.07 Å². The normalized spacial score (nSPS) is 11.6. The number of carbonyl (C=O) groups excluding carboxylic acids is 1. The molecule has 1 aromatic carbocycles. The molecule has 0 radical (unpaired) electrons. The second kappa shape index (κ2) is 4.99. The molecular weight excluding hydrogens is 277 g/mol. The number of rotatable bonds is 2. The molecule has 0 saturated heterocycles. The number of carbonyl (C=O) groups is 1. The van der Waals surface area contributed by atoms with Crippen LogP contribution in [0.2, 0.25) is 0 Å². The second-order valence-electron chi connectivity index (χ2n) is 3.96. The standard InChI is InChI=1S/C13H9F3O4/c1-2-11(17)19-7-3-4-8-9(13(14,15)16)6-12(18)20-10(8)5-7/h3-6H,2H2,1H3. The van der Waals surface area contributed by atoms with Crippen LogP contribution in [0.1, 0.15) is 18.9 Å². The topological polar surface area (TPSA) is 56.5 Å². The minimum absolute atomic E-state index is 0.0202. The van der Waals surface area contributed by atoms with Gasteiger partial charge >= 0.3 is 17.8 Å². The van der Waals surface area contributed by atoms with E-state index < -0.39 is 23.3 Å². The first-order chi connectivity index (χ1) is 9.31. The lowest BCUT2D eigenvalue weighted by Gasteiger charge is -2.10. The Morgan fingerprint density at radius 2 is 2.00 bits per heavy atom. The summed E-state index contributed by atoms with van der Waals surface area (Å²) < 4.78 is 48.0. The summed E-state index contributed by atoms with van der Waals surface area (Å²) in [5, 5.41) is -0.270. The number of benzene rings is 1. The van der Waals surface area contributed by atoms with E-state index in [0.717, 1.165) is 12.1 Å². The molecule has 20 heavy (non-hydrogen) atoms. The second-order valence-corrected chi connectivity index (χ2v) is 3.96. The van der Waals surface area contributed by atoms with Crippen LogP contribution >= 0.6 is 0 Å². The van der Waals surface area contributed by atoms with Crippen LogP contribution in [0.25, 0.3) is 11.0 Å². The molecule has 0 fully saturated rings. The van der Waals surface area contributed by atoms with Crippen LogP contribution in [0.15, 0.2) is 33.5 Å². The van der Waals surface area contributed by atoms with Gasteiger partial charge in [-0.05, 0) is 12.1 Å². The van der Waals surface area contributed by atoms with Gasteiger partial charge in [0.15, 0.2) is 0 Å². The molecule has 106 valence electrons. The summed E-state index contributed by atoms with van der Waals surface area (Å²) in [5.41, 5.74) is -2.49. The van der Waals surface area contributed by atoms with Crippen molar-refractivity contribution < 1.29 is 27.1 Å². The zero-order valence-corrected chi connectivity index (χ0v) is 10.3. The van der Waals surface area contributed by atoms with E-state index in [2.05, 4.69) is 0 Å². The summed E-state index contributed by atoms with van der Waals surface area (Å²) in [6.07, 6.45) is -4.56. The fourth-order valence-electron chi connectivity index (χ4n) is 1.64. The Hall–Kier alpha value is -2.31. The van der Waals surface area contributed by atoms with Gasteiger partial charge in [-0.25, -0.2) is 4.79 Å². The summed E-state index contributed by atoms with van der Waals surface area (Å²) in [6.45, 7) is 1.57. The number of fused-ring (bicyclic) bond motifs is 1. The summed E-state index contributed by atoms with van der Waals surface area (Å²) in [5.74, 6) is -0.523. The van der Waals surface area contributed by atoms with Crippen molar-refractivity contribution in [2.75, 3.05) is 0 Å². The van der Waals surface area contributed by atoms with E-state index in [1.165, 1.54) is 6.07 Å². The number of alkyl halides is 3. The Bertz CT molecular complexity index is 716. The van der Waals surface area contributed by atoms with Crippen molar-refractivity contribution >= 4 is 16.9 Å². The predicted molar refractivity (Wildman–Crippen MR) is 63.4 cm³/mol. The molecule has 0 aliphatic heterocycles. The monoisotopic (exact) mass is 286 g/mol. The van der Waals surface area contributed by atoms with Crippen LogP contribution in [0.4, 0.5) is 13.2 Å². The van der Waals surface area contributed by atoms with Crippen molar-refractivity contribution in [2.24, 2.45) is 0 Å². The molecule has 4 nitrogen and oxygen atoms in total. The molecule has 0 aliphatic rings. The van der Waals surface area contributed by atoms with Crippen LogP contribution in [0.5, 0.6) is 5.75 Å². The zero-order chi connectivity index (χ0) is 14.9. The molecule has 2 rings (SSSR count). The summed E-state index contributed by atoms with van der Waals surface area (Å²) in [4.78, 5) is 22.3. The number of halogens is 3. The van der Waals surface area contributed by atoms with E-state index >= 15 is 0 Å². The fraction of sp³-hybridized carbons (Fsp3) is 0.231. The van der Waals surface area contributed by atoms with Crippen molar-refractivity contribution in [3.8, 4) is 5.75 Å². The molecule has 1 aromatic heterocycles. The van der Waals surface area contributed by atoms with Crippen LogP contribution in [-0.4, -0.2) is 5.97 Å². The largest absolute Gasteiger partial charge is 0.426 e. The Morgan fingerprint density at radius 1 is 1.30 bits per heavy atom. The smallest absolute Gasteiger partial charge is 0.417 e. The van der Waals surface area contributed by atoms with Crippen LogP contribution in [0, 0.1) is 0 Å². The quantitative estimate of drug-likeness (QED) is 0.483. The minimum Gasteiger partial charge on any atom is -0.426 e. The summed E-state index contributed by atoms with van der Waals surface area (Å²) in [6, 6.07) is 3.78. The molecule has 0 bridgehead atoms. The van der Waals surface area contributed by atoms with Gasteiger partial charge in [-0.3, -0.25) is 4.79 Å². The first kappa shape index (κ1) is 14.1.